The highest BCUT2D eigenvalue weighted by atomic mass is 79.9. The quantitative estimate of drug-likeness (QED) is 0.565. The van der Waals surface area contributed by atoms with Crippen molar-refractivity contribution in [2.75, 3.05) is 17.7 Å². The highest BCUT2D eigenvalue weighted by Crippen LogP contribution is 2.37. The third-order valence-corrected chi connectivity index (χ3v) is 4.25. The van der Waals surface area contributed by atoms with Crippen LogP contribution < -0.4 is 10.6 Å². The van der Waals surface area contributed by atoms with Gasteiger partial charge in [-0.1, -0.05) is 46.3 Å². The number of hydrogen-bond donors (Lipinski definition) is 2. The zero-order valence-electron chi connectivity index (χ0n) is 13.6. The van der Waals surface area contributed by atoms with Crippen molar-refractivity contribution in [3.8, 4) is 11.3 Å². The van der Waals surface area contributed by atoms with Gasteiger partial charge < -0.3 is 10.6 Å². The maximum Gasteiger partial charge on any atom is 0.417 e. The van der Waals surface area contributed by atoms with Crippen LogP contribution in [-0.2, 0) is 6.18 Å². The number of anilines is 3. The van der Waals surface area contributed by atoms with Crippen LogP contribution >= 0.6 is 15.9 Å². The largest absolute Gasteiger partial charge is 0.417 e. The summed E-state index contributed by atoms with van der Waals surface area (Å²) in [6.07, 6.45) is -4.45. The standard InChI is InChI=1S/C18H14BrF3N4/c1-23-17-25-15(11-5-3-2-4-6-11)10-16(26-17)24-12-7-8-14(19)13(9-12)18(20,21)22/h2-10H,1H3,(H2,23,24,25,26). The maximum atomic E-state index is 13.1. The van der Waals surface area contributed by atoms with Gasteiger partial charge in [-0.25, -0.2) is 4.98 Å². The van der Waals surface area contributed by atoms with Crippen LogP contribution in [0.3, 0.4) is 0 Å². The van der Waals surface area contributed by atoms with Crippen molar-refractivity contribution in [3.63, 3.8) is 0 Å². The Morgan fingerprint density at radius 2 is 1.69 bits per heavy atom. The Labute approximate surface area is 156 Å². The van der Waals surface area contributed by atoms with Gasteiger partial charge in [-0.05, 0) is 18.2 Å². The fourth-order valence-corrected chi connectivity index (χ4v) is 2.82. The third kappa shape index (κ3) is 4.13. The van der Waals surface area contributed by atoms with Crippen LogP contribution in [0.5, 0.6) is 0 Å². The summed E-state index contributed by atoms with van der Waals surface area (Å²) < 4.78 is 39.2. The molecule has 0 amide bonds. The number of alkyl halides is 3. The molecule has 1 aromatic heterocycles. The number of benzene rings is 2. The lowest BCUT2D eigenvalue weighted by atomic mass is 10.1. The lowest BCUT2D eigenvalue weighted by molar-refractivity contribution is -0.138. The smallest absolute Gasteiger partial charge is 0.357 e. The van der Waals surface area contributed by atoms with Gasteiger partial charge in [0.1, 0.15) is 5.82 Å². The van der Waals surface area contributed by atoms with Crippen LogP contribution in [0.1, 0.15) is 5.56 Å². The topological polar surface area (TPSA) is 49.8 Å². The fraction of sp³-hybridized carbons (Fsp3) is 0.111. The lowest BCUT2D eigenvalue weighted by Gasteiger charge is -2.13. The molecule has 0 aliphatic rings. The minimum atomic E-state index is -4.45. The van der Waals surface area contributed by atoms with Gasteiger partial charge >= 0.3 is 6.18 Å². The van der Waals surface area contributed by atoms with E-state index in [9.17, 15) is 13.2 Å². The lowest BCUT2D eigenvalue weighted by Crippen LogP contribution is -2.07. The zero-order chi connectivity index (χ0) is 18.7. The second-order valence-electron chi connectivity index (χ2n) is 5.40. The molecule has 0 fully saturated rings. The molecule has 0 bridgehead atoms. The molecule has 3 rings (SSSR count). The third-order valence-electron chi connectivity index (χ3n) is 3.56. The van der Waals surface area contributed by atoms with Gasteiger partial charge in [-0.15, -0.1) is 0 Å². The normalized spacial score (nSPS) is 11.3. The monoisotopic (exact) mass is 422 g/mol. The average molecular weight is 423 g/mol. The van der Waals surface area contributed by atoms with E-state index >= 15 is 0 Å². The Balaban J connectivity index is 1.98. The van der Waals surface area contributed by atoms with Gasteiger partial charge in [0.15, 0.2) is 0 Å². The predicted octanol–water partition coefficient (Wildman–Crippen LogP) is 5.71. The molecule has 134 valence electrons. The van der Waals surface area contributed by atoms with Gasteiger partial charge in [-0.3, -0.25) is 0 Å². The molecule has 2 N–H and O–H groups in total. The summed E-state index contributed by atoms with van der Waals surface area (Å²) >= 11 is 2.93. The fourth-order valence-electron chi connectivity index (χ4n) is 2.35. The molecule has 8 heteroatoms. The minimum Gasteiger partial charge on any atom is -0.357 e. The number of halogens is 4. The van der Waals surface area contributed by atoms with E-state index in [0.29, 0.717) is 17.5 Å². The van der Waals surface area contributed by atoms with Gasteiger partial charge in [0, 0.05) is 28.8 Å². The van der Waals surface area contributed by atoms with E-state index in [1.54, 1.807) is 19.2 Å². The van der Waals surface area contributed by atoms with Gasteiger partial charge in [0.25, 0.3) is 0 Å². The van der Waals surface area contributed by atoms with Crippen molar-refractivity contribution < 1.29 is 13.2 Å². The van der Waals surface area contributed by atoms with Crippen LogP contribution in [0.2, 0.25) is 0 Å². The van der Waals surface area contributed by atoms with Gasteiger partial charge in [0.05, 0.1) is 11.3 Å². The van der Waals surface area contributed by atoms with Crippen molar-refractivity contribution in [2.45, 2.75) is 6.18 Å². The van der Waals surface area contributed by atoms with Crippen LogP contribution in [0.15, 0.2) is 59.1 Å². The Kier molecular flexibility index (Phi) is 5.13. The van der Waals surface area contributed by atoms with E-state index < -0.39 is 11.7 Å². The molecule has 0 unspecified atom stereocenters. The summed E-state index contributed by atoms with van der Waals surface area (Å²) in [5, 5.41) is 5.77. The summed E-state index contributed by atoms with van der Waals surface area (Å²) in [4.78, 5) is 8.65. The molecule has 0 aliphatic heterocycles. The Bertz CT molecular complexity index is 914. The van der Waals surface area contributed by atoms with Crippen LogP contribution in [0.4, 0.5) is 30.6 Å². The molecule has 1 heterocycles. The van der Waals surface area contributed by atoms with E-state index in [1.165, 1.54) is 6.07 Å². The van der Waals surface area contributed by atoms with Crippen LogP contribution in [0.25, 0.3) is 11.3 Å². The maximum absolute atomic E-state index is 13.1. The molecule has 0 saturated carbocycles. The Hall–Kier alpha value is -2.61. The number of nitrogens with zero attached hydrogens (tertiary/aromatic N) is 2. The minimum absolute atomic E-state index is 0.0147. The molecule has 4 nitrogen and oxygen atoms in total. The first-order valence-electron chi connectivity index (χ1n) is 7.63. The first-order chi connectivity index (χ1) is 12.4. The first-order valence-corrected chi connectivity index (χ1v) is 8.42. The van der Waals surface area contributed by atoms with Crippen molar-refractivity contribution in [1.82, 2.24) is 9.97 Å². The number of nitrogens with one attached hydrogen (secondary N) is 2. The van der Waals surface area contributed by atoms with E-state index in [1.807, 2.05) is 30.3 Å². The zero-order valence-corrected chi connectivity index (χ0v) is 15.2. The summed E-state index contributed by atoms with van der Waals surface area (Å²) in [7, 11) is 1.68. The van der Waals surface area contributed by atoms with Crippen molar-refractivity contribution in [2.24, 2.45) is 0 Å². The second-order valence-corrected chi connectivity index (χ2v) is 6.25. The molecule has 2 aromatic carbocycles. The molecule has 0 spiro atoms. The van der Waals surface area contributed by atoms with Gasteiger partial charge in [-0.2, -0.15) is 18.2 Å². The number of rotatable bonds is 4. The second kappa shape index (κ2) is 7.33. The van der Waals surface area contributed by atoms with Crippen molar-refractivity contribution in [1.29, 1.82) is 0 Å². The van der Waals surface area contributed by atoms with Crippen LogP contribution in [0, 0.1) is 0 Å². The molecule has 0 atom stereocenters. The summed E-state index contributed by atoms with van der Waals surface area (Å²) in [6.45, 7) is 0. The van der Waals surface area contributed by atoms with E-state index in [-0.39, 0.29) is 10.2 Å². The summed E-state index contributed by atoms with van der Waals surface area (Å²) in [6, 6.07) is 15.1. The molecular weight excluding hydrogens is 409 g/mol. The predicted molar refractivity (Wildman–Crippen MR) is 99.4 cm³/mol. The summed E-state index contributed by atoms with van der Waals surface area (Å²) in [5.41, 5.74) is 1.05. The molecule has 3 aromatic rings. The molecule has 0 aliphatic carbocycles. The molecular formula is C18H14BrF3N4. The molecule has 26 heavy (non-hydrogen) atoms. The van der Waals surface area contributed by atoms with Gasteiger partial charge in [0.2, 0.25) is 5.95 Å². The Morgan fingerprint density at radius 3 is 2.35 bits per heavy atom. The number of hydrogen-bond acceptors (Lipinski definition) is 4. The van der Waals surface area contributed by atoms with Crippen molar-refractivity contribution >= 4 is 33.4 Å². The summed E-state index contributed by atoms with van der Waals surface area (Å²) in [5.74, 6) is 0.751. The first kappa shape index (κ1) is 18.2. The molecule has 0 saturated heterocycles. The highest BCUT2D eigenvalue weighted by Gasteiger charge is 2.33. The van der Waals surface area contributed by atoms with E-state index in [0.717, 1.165) is 11.6 Å². The number of aromatic nitrogens is 2. The van der Waals surface area contributed by atoms with Crippen LogP contribution in [-0.4, -0.2) is 17.0 Å². The molecule has 0 radical (unpaired) electrons. The Morgan fingerprint density at radius 1 is 0.962 bits per heavy atom. The van der Waals surface area contributed by atoms with Crippen molar-refractivity contribution in [3.05, 3.63) is 64.6 Å². The highest BCUT2D eigenvalue weighted by molar-refractivity contribution is 9.10. The van der Waals surface area contributed by atoms with E-state index in [2.05, 4.69) is 36.5 Å². The SMILES string of the molecule is CNc1nc(Nc2ccc(Br)c(C(F)(F)F)c2)cc(-c2ccccc2)n1. The average Bonchev–Trinajstić information content (AvgIpc) is 2.63. The van der Waals surface area contributed by atoms with E-state index in [4.69, 9.17) is 0 Å².